The number of unbranched alkanes of at least 4 members (excludes halogenated alkanes) is 2. The van der Waals surface area contributed by atoms with Gasteiger partial charge in [0, 0.05) is 25.0 Å². The molecule has 1 rings (SSSR count). The first-order valence-electron chi connectivity index (χ1n) is 5.56. The summed E-state index contributed by atoms with van der Waals surface area (Å²) in [6, 6.07) is 0. The molecule has 0 N–H and O–H groups in total. The van der Waals surface area contributed by atoms with Crippen LogP contribution in [0.25, 0.3) is 6.20 Å². The van der Waals surface area contributed by atoms with Crippen molar-refractivity contribution in [3.8, 4) is 0 Å². The fraction of sp³-hybridized carbons (Fsp3) is 0.583. The zero-order valence-electron chi connectivity index (χ0n) is 9.24. The van der Waals surface area contributed by atoms with Crippen LogP contribution < -0.4 is 0 Å². The number of imidazole rings is 1. The SMILES string of the molecule is CCCCC=Cn1ccnc1CCC. The molecule has 1 aromatic rings. The Balaban J connectivity index is 2.48. The summed E-state index contributed by atoms with van der Waals surface area (Å²) in [5.74, 6) is 1.17. The van der Waals surface area contributed by atoms with Crippen LogP contribution in [0.3, 0.4) is 0 Å². The molecule has 1 heterocycles. The van der Waals surface area contributed by atoms with Gasteiger partial charge in [0.2, 0.25) is 0 Å². The highest BCUT2D eigenvalue weighted by Crippen LogP contribution is 2.03. The largest absolute Gasteiger partial charge is 0.311 e. The molecule has 2 nitrogen and oxygen atoms in total. The van der Waals surface area contributed by atoms with E-state index in [0.29, 0.717) is 0 Å². The fourth-order valence-corrected chi connectivity index (χ4v) is 1.41. The van der Waals surface area contributed by atoms with E-state index in [4.69, 9.17) is 0 Å². The highest BCUT2D eigenvalue weighted by molar-refractivity contribution is 5.24. The molecule has 1 aromatic heterocycles. The van der Waals surface area contributed by atoms with Gasteiger partial charge in [-0.2, -0.15) is 0 Å². The molecule has 0 spiro atoms. The van der Waals surface area contributed by atoms with Gasteiger partial charge in [0.1, 0.15) is 5.82 Å². The Labute approximate surface area is 86.7 Å². The summed E-state index contributed by atoms with van der Waals surface area (Å²) in [7, 11) is 0. The molecule has 14 heavy (non-hydrogen) atoms. The molecule has 0 radical (unpaired) electrons. The second-order valence-electron chi connectivity index (χ2n) is 3.53. The van der Waals surface area contributed by atoms with Crippen molar-refractivity contribution < 1.29 is 0 Å². The average Bonchev–Trinajstić information content (AvgIpc) is 2.61. The molecule has 0 fully saturated rings. The van der Waals surface area contributed by atoms with Gasteiger partial charge in [-0.15, -0.1) is 0 Å². The lowest BCUT2D eigenvalue weighted by molar-refractivity contribution is 0.806. The molecule has 0 aromatic carbocycles. The van der Waals surface area contributed by atoms with E-state index >= 15 is 0 Å². The first kappa shape index (κ1) is 11.0. The van der Waals surface area contributed by atoms with Crippen LogP contribution in [0, 0.1) is 0 Å². The Bertz CT molecular complexity index is 274. The third-order valence-electron chi connectivity index (χ3n) is 2.21. The van der Waals surface area contributed by atoms with Crippen LogP contribution in [-0.4, -0.2) is 9.55 Å². The third-order valence-corrected chi connectivity index (χ3v) is 2.21. The van der Waals surface area contributed by atoms with E-state index in [2.05, 4.69) is 35.7 Å². The second kappa shape index (κ2) is 6.41. The zero-order chi connectivity index (χ0) is 10.2. The second-order valence-corrected chi connectivity index (χ2v) is 3.53. The molecule has 0 atom stereocenters. The van der Waals surface area contributed by atoms with E-state index in [9.17, 15) is 0 Å². The number of hydrogen-bond acceptors (Lipinski definition) is 1. The van der Waals surface area contributed by atoms with Crippen molar-refractivity contribution in [2.75, 3.05) is 0 Å². The molecule has 0 saturated carbocycles. The van der Waals surface area contributed by atoms with Gasteiger partial charge in [0.05, 0.1) is 0 Å². The lowest BCUT2D eigenvalue weighted by Crippen LogP contribution is -1.94. The molecular formula is C12H20N2. The Hall–Kier alpha value is -1.05. The highest BCUT2D eigenvalue weighted by Gasteiger charge is 1.96. The number of aryl methyl sites for hydroxylation is 1. The first-order valence-corrected chi connectivity index (χ1v) is 5.56. The van der Waals surface area contributed by atoms with E-state index in [1.54, 1.807) is 0 Å². The van der Waals surface area contributed by atoms with Crippen LogP contribution in [0.4, 0.5) is 0 Å². The van der Waals surface area contributed by atoms with Gasteiger partial charge in [0.15, 0.2) is 0 Å². The lowest BCUT2D eigenvalue weighted by Gasteiger charge is -1.99. The van der Waals surface area contributed by atoms with Crippen LogP contribution >= 0.6 is 0 Å². The predicted octanol–water partition coefficient (Wildman–Crippen LogP) is 3.50. The quantitative estimate of drug-likeness (QED) is 0.631. The first-order chi connectivity index (χ1) is 6.88. The summed E-state index contributed by atoms with van der Waals surface area (Å²) in [6.07, 6.45) is 14.2. The topological polar surface area (TPSA) is 17.8 Å². The van der Waals surface area contributed by atoms with E-state index < -0.39 is 0 Å². The Morgan fingerprint density at radius 2 is 2.21 bits per heavy atom. The van der Waals surface area contributed by atoms with Crippen molar-refractivity contribution in [1.82, 2.24) is 9.55 Å². The number of aromatic nitrogens is 2. The molecule has 0 aliphatic heterocycles. The highest BCUT2D eigenvalue weighted by atomic mass is 15.0. The minimum Gasteiger partial charge on any atom is -0.311 e. The minimum absolute atomic E-state index is 1.06. The van der Waals surface area contributed by atoms with Crippen LogP contribution in [0.15, 0.2) is 18.5 Å². The Morgan fingerprint density at radius 3 is 2.93 bits per heavy atom. The van der Waals surface area contributed by atoms with Gasteiger partial charge in [-0.25, -0.2) is 4.98 Å². The van der Waals surface area contributed by atoms with Crippen molar-refractivity contribution in [2.45, 2.75) is 46.0 Å². The van der Waals surface area contributed by atoms with Gasteiger partial charge in [0.25, 0.3) is 0 Å². The summed E-state index contributed by atoms with van der Waals surface area (Å²) < 4.78 is 2.12. The molecule has 0 amide bonds. The van der Waals surface area contributed by atoms with E-state index in [0.717, 1.165) is 12.8 Å². The van der Waals surface area contributed by atoms with Crippen LogP contribution in [0.5, 0.6) is 0 Å². The maximum atomic E-state index is 4.32. The zero-order valence-corrected chi connectivity index (χ0v) is 9.24. The minimum atomic E-state index is 1.06. The number of hydrogen-bond donors (Lipinski definition) is 0. The Morgan fingerprint density at radius 1 is 1.36 bits per heavy atom. The smallest absolute Gasteiger partial charge is 0.112 e. The summed E-state index contributed by atoms with van der Waals surface area (Å²) in [4.78, 5) is 4.32. The molecule has 0 saturated heterocycles. The average molecular weight is 192 g/mol. The van der Waals surface area contributed by atoms with Crippen LogP contribution in [0.2, 0.25) is 0 Å². The molecule has 0 unspecified atom stereocenters. The summed E-state index contributed by atoms with van der Waals surface area (Å²) >= 11 is 0. The van der Waals surface area contributed by atoms with Crippen LogP contribution in [0.1, 0.15) is 45.4 Å². The monoisotopic (exact) mass is 192 g/mol. The van der Waals surface area contributed by atoms with Gasteiger partial charge in [-0.1, -0.05) is 32.8 Å². The maximum absolute atomic E-state index is 4.32. The molecule has 78 valence electrons. The van der Waals surface area contributed by atoms with E-state index in [1.807, 2.05) is 12.4 Å². The number of rotatable bonds is 6. The van der Waals surface area contributed by atoms with E-state index in [-0.39, 0.29) is 0 Å². The number of nitrogens with zero attached hydrogens (tertiary/aromatic N) is 2. The van der Waals surface area contributed by atoms with Gasteiger partial charge >= 0.3 is 0 Å². The van der Waals surface area contributed by atoms with Crippen LogP contribution in [-0.2, 0) is 6.42 Å². The molecule has 2 heteroatoms. The van der Waals surface area contributed by atoms with Crippen molar-refractivity contribution in [3.63, 3.8) is 0 Å². The van der Waals surface area contributed by atoms with Crippen molar-refractivity contribution in [2.24, 2.45) is 0 Å². The van der Waals surface area contributed by atoms with Crippen molar-refractivity contribution in [3.05, 3.63) is 24.3 Å². The lowest BCUT2D eigenvalue weighted by atomic mass is 10.2. The van der Waals surface area contributed by atoms with Gasteiger partial charge in [-0.05, 0) is 12.8 Å². The fourth-order valence-electron chi connectivity index (χ4n) is 1.41. The molecule has 0 aliphatic rings. The van der Waals surface area contributed by atoms with E-state index in [1.165, 1.54) is 25.1 Å². The van der Waals surface area contributed by atoms with Gasteiger partial charge < -0.3 is 4.57 Å². The molecule has 0 aliphatic carbocycles. The number of allylic oxidation sites excluding steroid dienone is 1. The standard InChI is InChI=1S/C12H20N2/c1-3-5-6-7-10-14-11-9-13-12(14)8-4-2/h7,9-11H,3-6,8H2,1-2H3. The predicted molar refractivity (Wildman–Crippen MR) is 61.1 cm³/mol. The van der Waals surface area contributed by atoms with Crippen molar-refractivity contribution >= 4 is 6.20 Å². The maximum Gasteiger partial charge on any atom is 0.112 e. The molecular weight excluding hydrogens is 172 g/mol. The van der Waals surface area contributed by atoms with Gasteiger partial charge in [-0.3, -0.25) is 0 Å². The molecule has 0 bridgehead atoms. The Kier molecular flexibility index (Phi) is 5.05. The summed E-state index contributed by atoms with van der Waals surface area (Å²) in [5, 5.41) is 0. The summed E-state index contributed by atoms with van der Waals surface area (Å²) in [6.45, 7) is 4.40. The summed E-state index contributed by atoms with van der Waals surface area (Å²) in [5.41, 5.74) is 0. The normalized spacial score (nSPS) is 11.3. The third kappa shape index (κ3) is 3.36. The van der Waals surface area contributed by atoms with Crippen molar-refractivity contribution in [1.29, 1.82) is 0 Å².